The summed E-state index contributed by atoms with van der Waals surface area (Å²) in [7, 11) is 2.14. The summed E-state index contributed by atoms with van der Waals surface area (Å²) in [6.07, 6.45) is 0.422. The third-order valence-corrected chi connectivity index (χ3v) is 1.92. The Hall–Kier alpha value is -0.0800. The zero-order valence-corrected chi connectivity index (χ0v) is 6.42. The number of nitrogens with zero attached hydrogens (tertiary/aromatic N) is 1. The van der Waals surface area contributed by atoms with Crippen LogP contribution in [0.1, 0.15) is 13.8 Å². The molecule has 2 heteroatoms. The molecule has 9 heavy (non-hydrogen) atoms. The fraction of sp³-hybridized carbons (Fsp3) is 1.00. The van der Waals surface area contributed by atoms with Crippen LogP contribution in [0.5, 0.6) is 0 Å². The van der Waals surface area contributed by atoms with E-state index in [1.165, 1.54) is 0 Å². The quantitative estimate of drug-likeness (QED) is 0.478. The first-order valence-corrected chi connectivity index (χ1v) is 3.52. The molecule has 0 amide bonds. The van der Waals surface area contributed by atoms with E-state index in [-0.39, 0.29) is 0 Å². The summed E-state index contributed by atoms with van der Waals surface area (Å²) < 4.78 is 5.42. The summed E-state index contributed by atoms with van der Waals surface area (Å²) in [5, 5.41) is 0. The fourth-order valence-corrected chi connectivity index (χ4v) is 1.07. The molecule has 1 rings (SSSR count). The molecule has 1 unspecified atom stereocenters. The monoisotopic (exact) mass is 129 g/mol. The highest BCUT2D eigenvalue weighted by molar-refractivity contribution is 4.71. The molecular formula is C7H15NO. The van der Waals surface area contributed by atoms with Crippen molar-refractivity contribution in [1.29, 1.82) is 0 Å². The van der Waals surface area contributed by atoms with Gasteiger partial charge in [-0.25, -0.2) is 0 Å². The molecule has 1 saturated heterocycles. The van der Waals surface area contributed by atoms with E-state index in [9.17, 15) is 0 Å². The minimum absolute atomic E-state index is 0.422. The molecule has 0 aromatic carbocycles. The van der Waals surface area contributed by atoms with Gasteiger partial charge in [-0.1, -0.05) is 0 Å². The Labute approximate surface area is 56.8 Å². The van der Waals surface area contributed by atoms with Crippen molar-refractivity contribution in [2.45, 2.75) is 26.0 Å². The average Bonchev–Trinajstić information content (AvgIpc) is 1.80. The van der Waals surface area contributed by atoms with Crippen molar-refractivity contribution in [3.8, 4) is 0 Å². The van der Waals surface area contributed by atoms with Crippen LogP contribution >= 0.6 is 0 Å². The van der Waals surface area contributed by atoms with Crippen molar-refractivity contribution in [3.05, 3.63) is 0 Å². The highest BCUT2D eigenvalue weighted by Crippen LogP contribution is 2.07. The molecule has 1 aliphatic rings. The van der Waals surface area contributed by atoms with Crippen LogP contribution in [0.3, 0.4) is 0 Å². The Balaban J connectivity index is 2.35. The van der Waals surface area contributed by atoms with Crippen LogP contribution < -0.4 is 0 Å². The smallest absolute Gasteiger partial charge is 0.0674 e. The van der Waals surface area contributed by atoms with Crippen LogP contribution in [0.2, 0.25) is 0 Å². The van der Waals surface area contributed by atoms with Crippen LogP contribution in [-0.4, -0.2) is 37.2 Å². The lowest BCUT2D eigenvalue weighted by molar-refractivity contribution is -0.0388. The lowest BCUT2D eigenvalue weighted by Crippen LogP contribution is -2.44. The standard InChI is InChI=1S/C7H15NO/c1-6-5-9-7(2)4-8(6)3/h6-7H,4-5H2,1-3H3/t6?,7-/m0/s1. The van der Waals surface area contributed by atoms with Gasteiger partial charge in [-0.3, -0.25) is 4.90 Å². The third-order valence-electron chi connectivity index (χ3n) is 1.92. The Morgan fingerprint density at radius 2 is 2.11 bits per heavy atom. The molecule has 2 atom stereocenters. The minimum atomic E-state index is 0.422. The first-order valence-electron chi connectivity index (χ1n) is 3.52. The zero-order valence-electron chi connectivity index (χ0n) is 6.42. The van der Waals surface area contributed by atoms with Gasteiger partial charge < -0.3 is 4.74 Å². The van der Waals surface area contributed by atoms with Gasteiger partial charge in [0, 0.05) is 12.6 Å². The van der Waals surface area contributed by atoms with Gasteiger partial charge in [0.1, 0.15) is 0 Å². The lowest BCUT2D eigenvalue weighted by atomic mass is 10.2. The highest BCUT2D eigenvalue weighted by atomic mass is 16.5. The molecule has 0 aliphatic carbocycles. The third kappa shape index (κ3) is 1.66. The second-order valence-corrected chi connectivity index (χ2v) is 2.93. The first-order chi connectivity index (χ1) is 4.20. The molecule has 0 saturated carbocycles. The van der Waals surface area contributed by atoms with Gasteiger partial charge in [0.05, 0.1) is 12.7 Å². The van der Waals surface area contributed by atoms with Crippen molar-refractivity contribution in [1.82, 2.24) is 4.90 Å². The van der Waals surface area contributed by atoms with Gasteiger partial charge in [-0.05, 0) is 20.9 Å². The SMILES string of the molecule is CC1CO[C@@H](C)CN1C. The second-order valence-electron chi connectivity index (χ2n) is 2.93. The van der Waals surface area contributed by atoms with Gasteiger partial charge in [0.15, 0.2) is 0 Å². The summed E-state index contributed by atoms with van der Waals surface area (Å²) >= 11 is 0. The maximum atomic E-state index is 5.42. The van der Waals surface area contributed by atoms with Gasteiger partial charge in [-0.2, -0.15) is 0 Å². The summed E-state index contributed by atoms with van der Waals surface area (Å²) in [6, 6.07) is 0.598. The van der Waals surface area contributed by atoms with E-state index in [1.54, 1.807) is 0 Å². The Bertz CT molecular complexity index is 94.9. The van der Waals surface area contributed by atoms with Crippen molar-refractivity contribution in [2.75, 3.05) is 20.2 Å². The molecule has 1 heterocycles. The van der Waals surface area contributed by atoms with Crippen LogP contribution in [0.25, 0.3) is 0 Å². The van der Waals surface area contributed by atoms with Gasteiger partial charge in [0.25, 0.3) is 0 Å². The Morgan fingerprint density at radius 1 is 1.44 bits per heavy atom. The molecule has 0 radical (unpaired) electrons. The van der Waals surface area contributed by atoms with E-state index in [0.29, 0.717) is 12.1 Å². The Morgan fingerprint density at radius 3 is 2.56 bits per heavy atom. The van der Waals surface area contributed by atoms with Gasteiger partial charge in [-0.15, -0.1) is 0 Å². The second kappa shape index (κ2) is 2.67. The zero-order chi connectivity index (χ0) is 6.85. The normalized spacial score (nSPS) is 39.0. The average molecular weight is 129 g/mol. The molecular weight excluding hydrogens is 114 g/mol. The van der Waals surface area contributed by atoms with Crippen molar-refractivity contribution >= 4 is 0 Å². The van der Waals surface area contributed by atoms with E-state index >= 15 is 0 Å². The molecule has 0 bridgehead atoms. The number of hydrogen-bond donors (Lipinski definition) is 0. The summed E-state index contributed by atoms with van der Waals surface area (Å²) in [5.41, 5.74) is 0. The van der Waals surface area contributed by atoms with Crippen LogP contribution in [0.4, 0.5) is 0 Å². The molecule has 0 aromatic rings. The number of rotatable bonds is 0. The van der Waals surface area contributed by atoms with Crippen molar-refractivity contribution < 1.29 is 4.74 Å². The molecule has 2 nitrogen and oxygen atoms in total. The topological polar surface area (TPSA) is 12.5 Å². The van der Waals surface area contributed by atoms with Gasteiger partial charge in [0.2, 0.25) is 0 Å². The predicted octanol–water partition coefficient (Wildman–Crippen LogP) is 0.725. The number of likely N-dealkylation sites (N-methyl/N-ethyl adjacent to an activating group) is 1. The van der Waals surface area contributed by atoms with Crippen molar-refractivity contribution in [3.63, 3.8) is 0 Å². The van der Waals surface area contributed by atoms with Crippen LogP contribution in [-0.2, 0) is 4.74 Å². The number of morpholine rings is 1. The van der Waals surface area contributed by atoms with E-state index < -0.39 is 0 Å². The summed E-state index contributed by atoms with van der Waals surface area (Å²) in [6.45, 7) is 6.26. The number of hydrogen-bond acceptors (Lipinski definition) is 2. The van der Waals surface area contributed by atoms with Crippen LogP contribution in [0.15, 0.2) is 0 Å². The fourth-order valence-electron chi connectivity index (χ4n) is 1.07. The van der Waals surface area contributed by atoms with E-state index in [2.05, 4.69) is 25.8 Å². The largest absolute Gasteiger partial charge is 0.376 e. The maximum absolute atomic E-state index is 5.42. The lowest BCUT2D eigenvalue weighted by Gasteiger charge is -2.33. The maximum Gasteiger partial charge on any atom is 0.0674 e. The molecule has 0 N–H and O–H groups in total. The first kappa shape index (κ1) is 7.03. The summed E-state index contributed by atoms with van der Waals surface area (Å²) in [5.74, 6) is 0. The molecule has 0 aromatic heterocycles. The van der Waals surface area contributed by atoms with E-state index in [0.717, 1.165) is 13.2 Å². The number of ether oxygens (including phenoxy) is 1. The molecule has 1 aliphatic heterocycles. The minimum Gasteiger partial charge on any atom is -0.376 e. The van der Waals surface area contributed by atoms with Gasteiger partial charge >= 0.3 is 0 Å². The Kier molecular flexibility index (Phi) is 2.09. The molecule has 1 fully saturated rings. The molecule has 54 valence electrons. The molecule has 0 spiro atoms. The van der Waals surface area contributed by atoms with Crippen molar-refractivity contribution in [2.24, 2.45) is 0 Å². The highest BCUT2D eigenvalue weighted by Gasteiger charge is 2.18. The summed E-state index contributed by atoms with van der Waals surface area (Å²) in [4.78, 5) is 2.33. The van der Waals surface area contributed by atoms with E-state index in [4.69, 9.17) is 4.74 Å². The predicted molar refractivity (Wildman–Crippen MR) is 37.5 cm³/mol. The van der Waals surface area contributed by atoms with E-state index in [1.807, 2.05) is 0 Å². The van der Waals surface area contributed by atoms with Crippen LogP contribution in [0, 0.1) is 0 Å².